The van der Waals surface area contributed by atoms with Crippen molar-refractivity contribution in [3.05, 3.63) is 72.3 Å². The summed E-state index contributed by atoms with van der Waals surface area (Å²) < 4.78 is 5.23. The van der Waals surface area contributed by atoms with Gasteiger partial charge in [0.2, 0.25) is 0 Å². The molecule has 0 aliphatic heterocycles. The second-order valence-electron chi connectivity index (χ2n) is 6.33. The Bertz CT molecular complexity index is 896. The molecule has 2 aromatic heterocycles. The quantitative estimate of drug-likeness (QED) is 0.619. The fourth-order valence-electron chi connectivity index (χ4n) is 3.22. The van der Waals surface area contributed by atoms with Gasteiger partial charge >= 0.3 is 0 Å². The number of benzene rings is 1. The number of aromatic nitrogens is 3. The van der Waals surface area contributed by atoms with E-state index in [9.17, 15) is 4.79 Å². The van der Waals surface area contributed by atoms with Crippen LogP contribution in [-0.2, 0) is 0 Å². The van der Waals surface area contributed by atoms with Crippen LogP contribution < -0.4 is 4.74 Å². The molecule has 0 unspecified atom stereocenters. The van der Waals surface area contributed by atoms with Crippen LogP contribution in [0.1, 0.15) is 42.2 Å². The number of ether oxygens (including phenoxy) is 1. The first kappa shape index (κ1) is 19.5. The molecule has 28 heavy (non-hydrogen) atoms. The molecule has 0 N–H and O–H groups in total. The van der Waals surface area contributed by atoms with E-state index in [1.165, 1.54) is 0 Å². The highest BCUT2D eigenvalue weighted by molar-refractivity contribution is 5.94. The Balaban J connectivity index is 1.83. The summed E-state index contributed by atoms with van der Waals surface area (Å²) >= 11 is 0. The van der Waals surface area contributed by atoms with Gasteiger partial charge in [0, 0.05) is 36.9 Å². The van der Waals surface area contributed by atoms with Crippen LogP contribution in [0.15, 0.2) is 61.2 Å². The SMILES string of the molecule is CC[C@H](c1ccc(OC)cc1)N(CC)C(=O)c1cnc(-c2cccnc2)nc1. The number of hydrogen-bond acceptors (Lipinski definition) is 5. The number of hydrogen-bond donors (Lipinski definition) is 0. The van der Waals surface area contributed by atoms with Gasteiger partial charge in [0.25, 0.3) is 5.91 Å². The molecule has 0 aliphatic carbocycles. The Morgan fingerprint density at radius 1 is 1.07 bits per heavy atom. The third-order valence-electron chi connectivity index (χ3n) is 4.68. The first-order valence-electron chi connectivity index (χ1n) is 9.35. The molecule has 3 aromatic rings. The Kier molecular flexibility index (Phi) is 6.32. The van der Waals surface area contributed by atoms with Crippen LogP contribution >= 0.6 is 0 Å². The molecule has 144 valence electrons. The van der Waals surface area contributed by atoms with Gasteiger partial charge in [0.05, 0.1) is 18.7 Å². The summed E-state index contributed by atoms with van der Waals surface area (Å²) in [5, 5.41) is 0. The second kappa shape index (κ2) is 9.08. The lowest BCUT2D eigenvalue weighted by Crippen LogP contribution is -2.34. The molecule has 0 saturated carbocycles. The molecule has 1 aromatic carbocycles. The minimum atomic E-state index is -0.0806. The standard InChI is InChI=1S/C22H24N4O2/c1-4-20(16-8-10-19(28-3)11-9-16)26(5-2)22(27)18-14-24-21(25-15-18)17-7-6-12-23-13-17/h6-15,20H,4-5H2,1-3H3/t20-/m1/s1. The topological polar surface area (TPSA) is 68.2 Å². The molecule has 0 aliphatic rings. The van der Waals surface area contributed by atoms with Gasteiger partial charge in [-0.2, -0.15) is 0 Å². The summed E-state index contributed by atoms with van der Waals surface area (Å²) in [6, 6.07) is 11.5. The predicted octanol–water partition coefficient (Wildman–Crippen LogP) is 4.16. The maximum absolute atomic E-state index is 13.1. The van der Waals surface area contributed by atoms with E-state index in [0.717, 1.165) is 23.3 Å². The molecule has 0 saturated heterocycles. The summed E-state index contributed by atoms with van der Waals surface area (Å²) in [5.74, 6) is 1.27. The van der Waals surface area contributed by atoms with Gasteiger partial charge in [-0.15, -0.1) is 0 Å². The van der Waals surface area contributed by atoms with E-state index in [1.807, 2.05) is 48.2 Å². The minimum absolute atomic E-state index is 0.0265. The molecule has 0 radical (unpaired) electrons. The van der Waals surface area contributed by atoms with Crippen molar-refractivity contribution in [2.45, 2.75) is 26.3 Å². The number of nitrogens with zero attached hydrogens (tertiary/aromatic N) is 4. The smallest absolute Gasteiger partial charge is 0.257 e. The van der Waals surface area contributed by atoms with E-state index in [2.05, 4.69) is 21.9 Å². The van der Waals surface area contributed by atoms with Crippen molar-refractivity contribution in [1.29, 1.82) is 0 Å². The lowest BCUT2D eigenvalue weighted by Gasteiger charge is -2.30. The zero-order chi connectivity index (χ0) is 19.9. The summed E-state index contributed by atoms with van der Waals surface area (Å²) in [6.07, 6.45) is 7.37. The molecule has 6 nitrogen and oxygen atoms in total. The molecule has 1 atom stereocenters. The van der Waals surface area contributed by atoms with Crippen LogP contribution in [0.25, 0.3) is 11.4 Å². The van der Waals surface area contributed by atoms with E-state index >= 15 is 0 Å². The summed E-state index contributed by atoms with van der Waals surface area (Å²) in [6.45, 7) is 4.65. The number of carbonyl (C=O) groups excluding carboxylic acids is 1. The van der Waals surface area contributed by atoms with Gasteiger partial charge in [0.15, 0.2) is 5.82 Å². The van der Waals surface area contributed by atoms with Crippen molar-refractivity contribution < 1.29 is 9.53 Å². The summed E-state index contributed by atoms with van der Waals surface area (Å²) in [5.41, 5.74) is 2.37. The van der Waals surface area contributed by atoms with Crippen molar-refractivity contribution in [1.82, 2.24) is 19.9 Å². The molecular weight excluding hydrogens is 352 g/mol. The molecule has 3 rings (SSSR count). The fraction of sp³-hybridized carbons (Fsp3) is 0.273. The van der Waals surface area contributed by atoms with E-state index in [4.69, 9.17) is 4.74 Å². The largest absolute Gasteiger partial charge is 0.497 e. The first-order chi connectivity index (χ1) is 13.7. The Hall–Kier alpha value is -3.28. The molecule has 0 fully saturated rings. The van der Waals surface area contributed by atoms with Gasteiger partial charge in [-0.05, 0) is 43.2 Å². The number of carbonyl (C=O) groups is 1. The third-order valence-corrected chi connectivity index (χ3v) is 4.68. The molecule has 6 heteroatoms. The normalized spacial score (nSPS) is 11.7. The molecular formula is C22H24N4O2. The highest BCUT2D eigenvalue weighted by Gasteiger charge is 2.24. The van der Waals surface area contributed by atoms with E-state index in [0.29, 0.717) is 17.9 Å². The maximum atomic E-state index is 13.1. The van der Waals surface area contributed by atoms with Crippen molar-refractivity contribution in [3.63, 3.8) is 0 Å². The average Bonchev–Trinajstić information content (AvgIpc) is 2.78. The Morgan fingerprint density at radius 2 is 1.79 bits per heavy atom. The molecule has 0 spiro atoms. The van der Waals surface area contributed by atoms with Gasteiger partial charge in [-0.3, -0.25) is 9.78 Å². The zero-order valence-electron chi connectivity index (χ0n) is 16.4. The number of methoxy groups -OCH3 is 1. The van der Waals surface area contributed by atoms with E-state index in [1.54, 1.807) is 31.9 Å². The van der Waals surface area contributed by atoms with E-state index < -0.39 is 0 Å². The highest BCUT2D eigenvalue weighted by Crippen LogP contribution is 2.27. The summed E-state index contributed by atoms with van der Waals surface area (Å²) in [4.78, 5) is 27.8. The van der Waals surface area contributed by atoms with Crippen LogP contribution in [0.3, 0.4) is 0 Å². The van der Waals surface area contributed by atoms with Gasteiger partial charge in [-0.25, -0.2) is 9.97 Å². The number of rotatable bonds is 7. The van der Waals surface area contributed by atoms with Crippen molar-refractivity contribution >= 4 is 5.91 Å². The van der Waals surface area contributed by atoms with Gasteiger partial charge < -0.3 is 9.64 Å². The highest BCUT2D eigenvalue weighted by atomic mass is 16.5. The Morgan fingerprint density at radius 3 is 2.32 bits per heavy atom. The van der Waals surface area contributed by atoms with Gasteiger partial charge in [-0.1, -0.05) is 19.1 Å². The van der Waals surface area contributed by atoms with Crippen LogP contribution in [0, 0.1) is 0 Å². The van der Waals surface area contributed by atoms with Gasteiger partial charge in [0.1, 0.15) is 5.75 Å². The molecule has 2 heterocycles. The molecule has 1 amide bonds. The second-order valence-corrected chi connectivity index (χ2v) is 6.33. The number of pyridine rings is 1. The summed E-state index contributed by atoms with van der Waals surface area (Å²) in [7, 11) is 1.64. The fourth-order valence-corrected chi connectivity index (χ4v) is 3.22. The Labute approximate surface area is 165 Å². The maximum Gasteiger partial charge on any atom is 0.257 e. The number of amides is 1. The molecule has 0 bridgehead atoms. The van der Waals surface area contributed by atoms with Crippen LogP contribution in [0.5, 0.6) is 5.75 Å². The van der Waals surface area contributed by atoms with Crippen LogP contribution in [-0.4, -0.2) is 39.4 Å². The lowest BCUT2D eigenvalue weighted by molar-refractivity contribution is 0.0682. The monoisotopic (exact) mass is 376 g/mol. The first-order valence-corrected chi connectivity index (χ1v) is 9.35. The van der Waals surface area contributed by atoms with Crippen LogP contribution in [0.2, 0.25) is 0 Å². The van der Waals surface area contributed by atoms with Crippen molar-refractivity contribution in [3.8, 4) is 17.1 Å². The third kappa shape index (κ3) is 4.17. The lowest BCUT2D eigenvalue weighted by atomic mass is 10.0. The van der Waals surface area contributed by atoms with E-state index in [-0.39, 0.29) is 11.9 Å². The minimum Gasteiger partial charge on any atom is -0.497 e. The van der Waals surface area contributed by atoms with Crippen molar-refractivity contribution in [2.75, 3.05) is 13.7 Å². The van der Waals surface area contributed by atoms with Crippen molar-refractivity contribution in [2.24, 2.45) is 0 Å². The zero-order valence-corrected chi connectivity index (χ0v) is 16.4. The van der Waals surface area contributed by atoms with Crippen LogP contribution in [0.4, 0.5) is 0 Å². The average molecular weight is 376 g/mol. The predicted molar refractivity (Wildman–Crippen MR) is 108 cm³/mol.